The van der Waals surface area contributed by atoms with Crippen molar-refractivity contribution in [1.29, 1.82) is 0 Å². The van der Waals surface area contributed by atoms with Crippen molar-refractivity contribution in [2.45, 2.75) is 13.1 Å². The quantitative estimate of drug-likeness (QED) is 0.632. The van der Waals surface area contributed by atoms with Crippen LogP contribution < -0.4 is 15.4 Å². The number of halogens is 3. The molecule has 1 amide bonds. The topological polar surface area (TPSA) is 75.6 Å². The van der Waals surface area contributed by atoms with Gasteiger partial charge in [0.05, 0.1) is 10.3 Å². The summed E-state index contributed by atoms with van der Waals surface area (Å²) in [5.41, 5.74) is 1.05. The van der Waals surface area contributed by atoms with E-state index in [4.69, 9.17) is 4.74 Å². The van der Waals surface area contributed by atoms with E-state index in [1.54, 1.807) is 18.2 Å². The van der Waals surface area contributed by atoms with Gasteiger partial charge in [-0.25, -0.2) is 9.98 Å². The van der Waals surface area contributed by atoms with Gasteiger partial charge in [-0.3, -0.25) is 4.79 Å². The molecular weight excluding hydrogens is 417 g/mol. The number of fused-ring (bicyclic) bond motifs is 1. The van der Waals surface area contributed by atoms with Gasteiger partial charge in [-0.1, -0.05) is 29.5 Å². The maximum absolute atomic E-state index is 12.8. The number of carbonyl (C=O) groups excluding carboxylic acids is 1. The minimum absolute atomic E-state index is 0.215. The molecule has 6 nitrogen and oxygen atoms in total. The summed E-state index contributed by atoms with van der Waals surface area (Å²) >= 11 is 1.32. The number of amides is 1. The number of alkyl halides is 3. The summed E-state index contributed by atoms with van der Waals surface area (Å²) < 4.78 is 45.0. The molecule has 1 aliphatic rings. The van der Waals surface area contributed by atoms with E-state index >= 15 is 0 Å². The zero-order valence-electron chi connectivity index (χ0n) is 15.6. The molecule has 0 spiro atoms. The fourth-order valence-corrected chi connectivity index (χ4v) is 3.76. The van der Waals surface area contributed by atoms with Crippen LogP contribution in [0.15, 0.2) is 53.5 Å². The van der Waals surface area contributed by atoms with Crippen LogP contribution in [0.1, 0.15) is 18.1 Å². The Balaban J connectivity index is 1.58. The zero-order valence-corrected chi connectivity index (χ0v) is 16.4. The number of hydrogen-bond acceptors (Lipinski definition) is 6. The van der Waals surface area contributed by atoms with E-state index in [0.29, 0.717) is 33.6 Å². The van der Waals surface area contributed by atoms with Gasteiger partial charge in [-0.05, 0) is 29.8 Å². The van der Waals surface area contributed by atoms with Gasteiger partial charge in [0, 0.05) is 18.7 Å². The Labute approximate surface area is 173 Å². The maximum Gasteiger partial charge on any atom is 0.416 e. The van der Waals surface area contributed by atoms with E-state index in [-0.39, 0.29) is 12.6 Å². The van der Waals surface area contributed by atoms with Gasteiger partial charge in [-0.2, -0.15) is 13.2 Å². The number of ether oxygens (including phenoxy) is 1. The fourth-order valence-electron chi connectivity index (χ4n) is 2.83. The van der Waals surface area contributed by atoms with Crippen molar-refractivity contribution >= 4 is 44.2 Å². The highest BCUT2D eigenvalue weighted by Gasteiger charge is 2.30. The van der Waals surface area contributed by atoms with Gasteiger partial charge >= 0.3 is 6.18 Å². The van der Waals surface area contributed by atoms with Gasteiger partial charge in [0.1, 0.15) is 12.2 Å². The highest BCUT2D eigenvalue weighted by molar-refractivity contribution is 7.22. The highest BCUT2D eigenvalue weighted by Crippen LogP contribution is 2.33. The third-order valence-electron chi connectivity index (χ3n) is 4.17. The molecule has 154 valence electrons. The van der Waals surface area contributed by atoms with E-state index < -0.39 is 11.7 Å². The van der Waals surface area contributed by atoms with Crippen LogP contribution in [0.25, 0.3) is 15.9 Å². The van der Waals surface area contributed by atoms with E-state index in [2.05, 4.69) is 20.6 Å². The molecule has 0 bridgehead atoms. The van der Waals surface area contributed by atoms with Gasteiger partial charge in [0.15, 0.2) is 10.9 Å². The number of aliphatic imine (C=N–C) groups is 1. The molecule has 30 heavy (non-hydrogen) atoms. The number of thiazole rings is 1. The second-order valence-corrected chi connectivity index (χ2v) is 7.40. The average Bonchev–Trinajstić information content (AvgIpc) is 3.10. The number of nitrogens with one attached hydrogen (secondary N) is 2. The summed E-state index contributed by atoms with van der Waals surface area (Å²) in [7, 11) is 0. The summed E-state index contributed by atoms with van der Waals surface area (Å²) in [6, 6.07) is 10.2. The Morgan fingerprint density at radius 2 is 1.97 bits per heavy atom. The van der Waals surface area contributed by atoms with E-state index in [1.807, 2.05) is 6.07 Å². The Morgan fingerprint density at radius 1 is 1.20 bits per heavy atom. The second kappa shape index (κ2) is 7.79. The molecule has 2 aromatic carbocycles. The lowest BCUT2D eigenvalue weighted by atomic mass is 10.1. The number of hydrogen-bond donors (Lipinski definition) is 2. The lowest BCUT2D eigenvalue weighted by molar-refractivity contribution is -0.137. The van der Waals surface area contributed by atoms with Crippen LogP contribution >= 0.6 is 11.3 Å². The summed E-state index contributed by atoms with van der Waals surface area (Å²) in [4.78, 5) is 19.9. The van der Waals surface area contributed by atoms with E-state index in [9.17, 15) is 18.0 Å². The molecule has 10 heteroatoms. The van der Waals surface area contributed by atoms with E-state index in [1.165, 1.54) is 30.4 Å². The molecule has 1 aliphatic heterocycles. The number of anilines is 1. The van der Waals surface area contributed by atoms with Crippen LogP contribution in [-0.4, -0.2) is 23.5 Å². The summed E-state index contributed by atoms with van der Waals surface area (Å²) in [5.74, 6) is 0.539. The monoisotopic (exact) mass is 432 g/mol. The van der Waals surface area contributed by atoms with Gasteiger partial charge in [0.2, 0.25) is 11.8 Å². The molecular formula is C20H15F3N4O2S. The van der Waals surface area contributed by atoms with Crippen molar-refractivity contribution in [3.8, 4) is 5.75 Å². The third kappa shape index (κ3) is 4.28. The number of nitrogens with zero attached hydrogens (tertiary/aromatic N) is 2. The van der Waals surface area contributed by atoms with E-state index in [0.717, 1.165) is 16.8 Å². The molecule has 0 atom stereocenters. The first kappa shape index (κ1) is 19.9. The van der Waals surface area contributed by atoms with Gasteiger partial charge in [0.25, 0.3) is 0 Å². The SMILES string of the molecule is CC(=O)Nc1nc2c(OC3=NCNC(c4ccc(C(F)(F)F)cc4)=C3)cccc2s1. The van der Waals surface area contributed by atoms with Gasteiger partial charge in [-0.15, -0.1) is 0 Å². The first-order valence-electron chi connectivity index (χ1n) is 8.82. The Morgan fingerprint density at radius 3 is 2.67 bits per heavy atom. The number of aromatic nitrogens is 1. The molecule has 2 N–H and O–H groups in total. The molecule has 3 aromatic rings. The van der Waals surface area contributed by atoms with Crippen LogP contribution in [-0.2, 0) is 11.0 Å². The normalized spacial score (nSPS) is 14.0. The predicted molar refractivity (Wildman–Crippen MR) is 109 cm³/mol. The van der Waals surface area contributed by atoms with Gasteiger partial charge < -0.3 is 15.4 Å². The average molecular weight is 432 g/mol. The molecule has 4 rings (SSSR count). The standard InChI is InChI=1S/C20H15F3N4O2S/c1-11(28)26-19-27-18-15(3-2-4-16(18)30-19)29-17-9-14(24-10-25-17)12-5-7-13(8-6-12)20(21,22)23/h2-9,24H,10H2,1H3,(H,26,27,28). The highest BCUT2D eigenvalue weighted by atomic mass is 32.1. The molecule has 0 saturated heterocycles. The number of para-hydroxylation sites is 1. The molecule has 0 unspecified atom stereocenters. The Kier molecular flexibility index (Phi) is 5.17. The molecule has 1 aromatic heterocycles. The van der Waals surface area contributed by atoms with Crippen molar-refractivity contribution in [2.75, 3.05) is 12.0 Å². The van der Waals surface area contributed by atoms with Crippen molar-refractivity contribution in [1.82, 2.24) is 10.3 Å². The minimum atomic E-state index is -4.38. The van der Waals surface area contributed by atoms with Crippen molar-refractivity contribution in [3.05, 3.63) is 59.7 Å². The van der Waals surface area contributed by atoms with Crippen LogP contribution in [0.5, 0.6) is 5.75 Å². The largest absolute Gasteiger partial charge is 0.437 e. The summed E-state index contributed by atoms with van der Waals surface area (Å²) in [6.45, 7) is 1.62. The molecule has 0 saturated carbocycles. The summed E-state index contributed by atoms with van der Waals surface area (Å²) in [6.07, 6.45) is -2.77. The smallest absolute Gasteiger partial charge is 0.416 e. The van der Waals surface area contributed by atoms with Crippen molar-refractivity contribution < 1.29 is 22.7 Å². The first-order valence-corrected chi connectivity index (χ1v) is 9.64. The lowest BCUT2D eigenvalue weighted by Crippen LogP contribution is -2.22. The predicted octanol–water partition coefficient (Wildman–Crippen LogP) is 4.65. The van der Waals surface area contributed by atoms with Crippen LogP contribution in [0.2, 0.25) is 0 Å². The Hall–Kier alpha value is -3.40. The Bertz CT molecular complexity index is 1170. The number of rotatable bonds is 3. The maximum atomic E-state index is 12.8. The lowest BCUT2D eigenvalue weighted by Gasteiger charge is -2.17. The molecule has 2 heterocycles. The third-order valence-corrected chi connectivity index (χ3v) is 5.11. The van der Waals surface area contributed by atoms with Crippen LogP contribution in [0.4, 0.5) is 18.3 Å². The fraction of sp³-hybridized carbons (Fsp3) is 0.150. The molecule has 0 radical (unpaired) electrons. The van der Waals surface area contributed by atoms with Crippen LogP contribution in [0, 0.1) is 0 Å². The van der Waals surface area contributed by atoms with Crippen molar-refractivity contribution in [3.63, 3.8) is 0 Å². The minimum Gasteiger partial charge on any atom is -0.437 e. The van der Waals surface area contributed by atoms with Crippen molar-refractivity contribution in [2.24, 2.45) is 4.99 Å². The second-order valence-electron chi connectivity index (χ2n) is 6.37. The zero-order chi connectivity index (χ0) is 21.3. The molecule has 0 aliphatic carbocycles. The number of benzene rings is 2. The molecule has 0 fully saturated rings. The summed E-state index contributed by atoms with van der Waals surface area (Å²) in [5, 5.41) is 6.13. The first-order chi connectivity index (χ1) is 14.3. The number of carbonyl (C=O) groups is 1. The van der Waals surface area contributed by atoms with Crippen LogP contribution in [0.3, 0.4) is 0 Å².